The number of ether oxygens (including phenoxy) is 1. The summed E-state index contributed by atoms with van der Waals surface area (Å²) in [5.41, 5.74) is 0.427. The van der Waals surface area contributed by atoms with Gasteiger partial charge in [-0.05, 0) is 47.1 Å². The molecule has 0 radical (unpaired) electrons. The first-order valence-corrected chi connectivity index (χ1v) is 7.67. The predicted octanol–water partition coefficient (Wildman–Crippen LogP) is 5.69. The molecule has 0 aliphatic carbocycles. The van der Waals surface area contributed by atoms with E-state index in [4.69, 9.17) is 11.6 Å². The summed E-state index contributed by atoms with van der Waals surface area (Å²) in [4.78, 5) is 2.29. The van der Waals surface area contributed by atoms with Gasteiger partial charge in [-0.1, -0.05) is 11.6 Å². The van der Waals surface area contributed by atoms with Crippen LogP contribution in [0.4, 0.5) is 14.5 Å². The van der Waals surface area contributed by atoms with Crippen LogP contribution >= 0.6 is 38.9 Å². The standard InChI is InChI=1S/C13H11BrClF2NOS/c1-7-2-3-9(20-7)6-18-11-5-8(15)4-10(14)12(11)19-13(16)17/h2-5,13,18H,6H2,1H3. The van der Waals surface area contributed by atoms with Gasteiger partial charge in [0, 0.05) is 21.3 Å². The zero-order valence-electron chi connectivity index (χ0n) is 10.4. The fourth-order valence-electron chi connectivity index (χ4n) is 1.66. The quantitative estimate of drug-likeness (QED) is 0.717. The maximum Gasteiger partial charge on any atom is 0.387 e. The number of thiophene rings is 1. The fraction of sp³-hybridized carbons (Fsp3) is 0.231. The molecule has 2 nitrogen and oxygen atoms in total. The van der Waals surface area contributed by atoms with Crippen LogP contribution in [-0.2, 0) is 6.54 Å². The van der Waals surface area contributed by atoms with Crippen molar-refractivity contribution in [2.24, 2.45) is 0 Å². The van der Waals surface area contributed by atoms with Gasteiger partial charge in [0.25, 0.3) is 0 Å². The van der Waals surface area contributed by atoms with Gasteiger partial charge in [0.15, 0.2) is 5.75 Å². The van der Waals surface area contributed by atoms with Crippen molar-refractivity contribution in [3.63, 3.8) is 0 Å². The predicted molar refractivity (Wildman–Crippen MR) is 82.2 cm³/mol. The van der Waals surface area contributed by atoms with Crippen molar-refractivity contribution in [2.75, 3.05) is 5.32 Å². The first-order valence-electron chi connectivity index (χ1n) is 5.68. The van der Waals surface area contributed by atoms with E-state index in [2.05, 4.69) is 26.0 Å². The lowest BCUT2D eigenvalue weighted by molar-refractivity contribution is -0.0498. The molecule has 7 heteroatoms. The van der Waals surface area contributed by atoms with Crippen LogP contribution in [0.25, 0.3) is 0 Å². The van der Waals surface area contributed by atoms with E-state index in [0.29, 0.717) is 21.7 Å². The number of hydrogen-bond donors (Lipinski definition) is 1. The van der Waals surface area contributed by atoms with Crippen molar-refractivity contribution in [3.05, 3.63) is 43.5 Å². The summed E-state index contributed by atoms with van der Waals surface area (Å²) in [7, 11) is 0. The molecule has 0 unspecified atom stereocenters. The molecule has 0 atom stereocenters. The van der Waals surface area contributed by atoms with Gasteiger partial charge < -0.3 is 10.1 Å². The Labute approximate surface area is 132 Å². The van der Waals surface area contributed by atoms with Gasteiger partial charge in [-0.2, -0.15) is 8.78 Å². The van der Waals surface area contributed by atoms with E-state index in [-0.39, 0.29) is 5.75 Å². The van der Waals surface area contributed by atoms with Crippen LogP contribution in [-0.4, -0.2) is 6.61 Å². The molecule has 0 saturated carbocycles. The Kier molecular flexibility index (Phi) is 5.23. The highest BCUT2D eigenvalue weighted by Gasteiger charge is 2.15. The summed E-state index contributed by atoms with van der Waals surface area (Å²) < 4.78 is 29.8. The third kappa shape index (κ3) is 4.07. The molecule has 0 fully saturated rings. The molecule has 1 aromatic carbocycles. The monoisotopic (exact) mass is 381 g/mol. The van der Waals surface area contributed by atoms with Gasteiger partial charge >= 0.3 is 6.61 Å². The fourth-order valence-corrected chi connectivity index (χ4v) is 3.40. The average molecular weight is 383 g/mol. The highest BCUT2D eigenvalue weighted by molar-refractivity contribution is 9.10. The normalized spacial score (nSPS) is 10.9. The minimum Gasteiger partial charge on any atom is -0.431 e. The van der Waals surface area contributed by atoms with E-state index in [9.17, 15) is 8.78 Å². The topological polar surface area (TPSA) is 21.3 Å². The van der Waals surface area contributed by atoms with Crippen LogP contribution in [0.5, 0.6) is 5.75 Å². The highest BCUT2D eigenvalue weighted by atomic mass is 79.9. The van der Waals surface area contributed by atoms with E-state index in [0.717, 1.165) is 4.88 Å². The minimum atomic E-state index is -2.89. The molecule has 1 heterocycles. The molecule has 2 rings (SSSR count). The summed E-state index contributed by atoms with van der Waals surface area (Å²) in [5, 5.41) is 3.50. The maximum absolute atomic E-state index is 12.4. The van der Waals surface area contributed by atoms with Crippen molar-refractivity contribution in [1.29, 1.82) is 0 Å². The van der Waals surface area contributed by atoms with Gasteiger partial charge in [-0.3, -0.25) is 0 Å². The molecule has 0 amide bonds. The van der Waals surface area contributed by atoms with E-state index >= 15 is 0 Å². The minimum absolute atomic E-state index is 0.0534. The Hall–Kier alpha value is -0.850. The molecule has 0 aliphatic rings. The smallest absolute Gasteiger partial charge is 0.387 e. The molecule has 0 aliphatic heterocycles. The number of alkyl halides is 2. The number of benzene rings is 1. The van der Waals surface area contributed by atoms with Crippen LogP contribution in [0.15, 0.2) is 28.7 Å². The van der Waals surface area contributed by atoms with Crippen LogP contribution in [0.2, 0.25) is 5.02 Å². The van der Waals surface area contributed by atoms with Gasteiger partial charge in [-0.15, -0.1) is 11.3 Å². The lowest BCUT2D eigenvalue weighted by atomic mass is 10.3. The van der Waals surface area contributed by atoms with Crippen molar-refractivity contribution >= 4 is 44.6 Å². The number of hydrogen-bond acceptors (Lipinski definition) is 3. The van der Waals surface area contributed by atoms with Crippen molar-refractivity contribution in [1.82, 2.24) is 0 Å². The Morgan fingerprint density at radius 2 is 2.15 bits per heavy atom. The third-order valence-electron chi connectivity index (χ3n) is 2.46. The summed E-state index contributed by atoms with van der Waals surface area (Å²) in [6.45, 7) is -0.364. The Morgan fingerprint density at radius 1 is 1.40 bits per heavy atom. The first-order chi connectivity index (χ1) is 9.45. The number of anilines is 1. The first kappa shape index (κ1) is 15.5. The third-order valence-corrected chi connectivity index (χ3v) is 4.27. The van der Waals surface area contributed by atoms with Crippen molar-refractivity contribution in [3.8, 4) is 5.75 Å². The van der Waals surface area contributed by atoms with Gasteiger partial charge in [-0.25, -0.2) is 0 Å². The molecule has 0 spiro atoms. The molecular weight excluding hydrogens is 372 g/mol. The second-order valence-corrected chi connectivity index (χ2v) is 6.67. The lowest BCUT2D eigenvalue weighted by Gasteiger charge is -2.14. The van der Waals surface area contributed by atoms with Crippen LogP contribution in [0, 0.1) is 6.92 Å². The zero-order valence-corrected chi connectivity index (χ0v) is 13.6. The van der Waals surface area contributed by atoms with Crippen LogP contribution in [0.3, 0.4) is 0 Å². The molecule has 1 N–H and O–H groups in total. The molecule has 108 valence electrons. The Bertz CT molecular complexity index is 606. The van der Waals surface area contributed by atoms with Gasteiger partial charge in [0.2, 0.25) is 0 Å². The van der Waals surface area contributed by atoms with E-state index in [1.807, 2.05) is 19.1 Å². The largest absolute Gasteiger partial charge is 0.431 e. The second kappa shape index (κ2) is 6.74. The van der Waals surface area contributed by atoms with Crippen molar-refractivity contribution in [2.45, 2.75) is 20.1 Å². The average Bonchev–Trinajstić information content (AvgIpc) is 2.76. The van der Waals surface area contributed by atoms with E-state index < -0.39 is 6.61 Å². The molecule has 20 heavy (non-hydrogen) atoms. The van der Waals surface area contributed by atoms with Crippen LogP contribution in [0.1, 0.15) is 9.75 Å². The summed E-state index contributed by atoms with van der Waals surface area (Å²) in [5.74, 6) is 0.0534. The molecule has 1 aromatic heterocycles. The van der Waals surface area contributed by atoms with E-state index in [1.165, 1.54) is 10.9 Å². The highest BCUT2D eigenvalue weighted by Crippen LogP contribution is 2.38. The number of rotatable bonds is 5. The Balaban J connectivity index is 2.20. The SMILES string of the molecule is Cc1ccc(CNc2cc(Cl)cc(Br)c2OC(F)F)s1. The molecule has 2 aromatic rings. The van der Waals surface area contributed by atoms with Crippen molar-refractivity contribution < 1.29 is 13.5 Å². The Morgan fingerprint density at radius 3 is 2.75 bits per heavy atom. The number of aryl methyl sites for hydroxylation is 1. The zero-order chi connectivity index (χ0) is 14.7. The maximum atomic E-state index is 12.4. The lowest BCUT2D eigenvalue weighted by Crippen LogP contribution is -2.07. The molecule has 0 saturated heterocycles. The molecular formula is C13H11BrClF2NOS. The number of nitrogens with one attached hydrogen (secondary N) is 1. The number of halogens is 4. The van der Waals surface area contributed by atoms with Crippen LogP contribution < -0.4 is 10.1 Å². The van der Waals surface area contributed by atoms with Gasteiger partial charge in [0.05, 0.1) is 10.2 Å². The molecule has 0 bridgehead atoms. The second-order valence-electron chi connectivity index (χ2n) is 4.01. The summed E-state index contributed by atoms with van der Waals surface area (Å²) in [6, 6.07) is 7.07. The summed E-state index contributed by atoms with van der Waals surface area (Å²) >= 11 is 10.7. The van der Waals surface area contributed by atoms with Gasteiger partial charge in [0.1, 0.15) is 0 Å². The van der Waals surface area contributed by atoms with E-state index in [1.54, 1.807) is 17.4 Å². The summed E-state index contributed by atoms with van der Waals surface area (Å²) in [6.07, 6.45) is 0.